The lowest BCUT2D eigenvalue weighted by molar-refractivity contribution is -0.122. The van der Waals surface area contributed by atoms with Crippen molar-refractivity contribution in [2.24, 2.45) is 0 Å². The predicted molar refractivity (Wildman–Crippen MR) is 107 cm³/mol. The number of hydrogen-bond donors (Lipinski definition) is 1. The Morgan fingerprint density at radius 1 is 1.19 bits per heavy atom. The van der Waals surface area contributed by atoms with E-state index < -0.39 is 0 Å². The third-order valence-electron chi connectivity index (χ3n) is 5.41. The Hall–Kier alpha value is -2.62. The van der Waals surface area contributed by atoms with E-state index in [0.717, 1.165) is 5.69 Å². The summed E-state index contributed by atoms with van der Waals surface area (Å²) in [6.07, 6.45) is 3.91. The number of carboxylic acid groups (broad SMARTS) is 1. The van der Waals surface area contributed by atoms with Gasteiger partial charge in [0.15, 0.2) is 0 Å². The zero-order valence-corrected chi connectivity index (χ0v) is 16.1. The summed E-state index contributed by atoms with van der Waals surface area (Å²) in [6, 6.07) is 14.2. The maximum atomic E-state index is 13.8. The molecule has 1 aliphatic rings. The summed E-state index contributed by atoms with van der Waals surface area (Å²) in [5, 5.41) is 8.26. The fourth-order valence-electron chi connectivity index (χ4n) is 4.03. The molecule has 0 aliphatic heterocycles. The van der Waals surface area contributed by atoms with Crippen LogP contribution in [0.5, 0.6) is 0 Å². The van der Waals surface area contributed by atoms with Gasteiger partial charge in [0.1, 0.15) is 5.82 Å². The smallest absolute Gasteiger partial charge is 0.290 e. The van der Waals surface area contributed by atoms with E-state index in [4.69, 9.17) is 9.90 Å². The lowest BCUT2D eigenvalue weighted by Gasteiger charge is -2.28. The average molecular weight is 367 g/mol. The molecule has 2 aromatic carbocycles. The van der Waals surface area contributed by atoms with Gasteiger partial charge in [0.2, 0.25) is 0 Å². The zero-order valence-electron chi connectivity index (χ0n) is 16.1. The van der Waals surface area contributed by atoms with Crippen LogP contribution in [0.15, 0.2) is 42.5 Å². The van der Waals surface area contributed by atoms with E-state index in [2.05, 4.69) is 42.7 Å². The summed E-state index contributed by atoms with van der Waals surface area (Å²) >= 11 is 0. The van der Waals surface area contributed by atoms with Crippen molar-refractivity contribution in [3.63, 3.8) is 0 Å². The molecule has 0 amide bonds. The molecule has 27 heavy (non-hydrogen) atoms. The van der Waals surface area contributed by atoms with Crippen LogP contribution in [-0.2, 0) is 4.79 Å². The first-order valence-electron chi connectivity index (χ1n) is 9.47. The van der Waals surface area contributed by atoms with Gasteiger partial charge in [-0.05, 0) is 67.0 Å². The normalized spacial score (nSPS) is 14.0. The van der Waals surface area contributed by atoms with Gasteiger partial charge in [0.05, 0.1) is 5.52 Å². The number of carbonyl (C=O) groups is 1. The molecule has 1 fully saturated rings. The third kappa shape index (κ3) is 3.48. The number of nitrogens with zero attached hydrogens (tertiary/aromatic N) is 1. The number of halogens is 1. The highest BCUT2D eigenvalue weighted by molar-refractivity contribution is 5.88. The van der Waals surface area contributed by atoms with Crippen LogP contribution >= 0.6 is 0 Å². The quantitative estimate of drug-likeness (QED) is 0.563. The number of hydrogen-bond acceptors (Lipinski definition) is 1. The molecular formula is C23H26FNO2. The van der Waals surface area contributed by atoms with E-state index in [0.29, 0.717) is 17.4 Å². The molecule has 3 aromatic rings. The van der Waals surface area contributed by atoms with Gasteiger partial charge in [-0.3, -0.25) is 4.79 Å². The molecule has 4 rings (SSSR count). The van der Waals surface area contributed by atoms with Gasteiger partial charge in [-0.1, -0.05) is 38.5 Å². The van der Waals surface area contributed by atoms with Gasteiger partial charge in [-0.25, -0.2) is 4.39 Å². The molecule has 4 heteroatoms. The first-order chi connectivity index (χ1) is 13.0. The van der Waals surface area contributed by atoms with Gasteiger partial charge in [0, 0.05) is 16.8 Å². The SMILES string of the molecule is Cc1cc(-n2c(C(C)C)c(C3CCC3)c3ccccc32)ccc1F.O=CO. The second-order valence-electron chi connectivity index (χ2n) is 7.47. The molecule has 3 nitrogen and oxygen atoms in total. The second kappa shape index (κ2) is 7.95. The molecule has 0 unspecified atom stereocenters. The highest BCUT2D eigenvalue weighted by Crippen LogP contribution is 2.45. The fourth-order valence-corrected chi connectivity index (χ4v) is 4.03. The molecule has 0 saturated heterocycles. The van der Waals surface area contributed by atoms with Crippen LogP contribution in [-0.4, -0.2) is 16.1 Å². The van der Waals surface area contributed by atoms with Crippen molar-refractivity contribution >= 4 is 17.4 Å². The van der Waals surface area contributed by atoms with E-state index in [1.165, 1.54) is 41.4 Å². The van der Waals surface area contributed by atoms with E-state index in [1.54, 1.807) is 6.07 Å². The summed E-state index contributed by atoms with van der Waals surface area (Å²) in [5.74, 6) is 0.967. The van der Waals surface area contributed by atoms with Crippen LogP contribution in [0, 0.1) is 12.7 Å². The Bertz CT molecular complexity index is 954. The van der Waals surface area contributed by atoms with Crippen LogP contribution in [0.4, 0.5) is 4.39 Å². The van der Waals surface area contributed by atoms with Crippen LogP contribution in [0.2, 0.25) is 0 Å². The first kappa shape index (κ1) is 19.2. The Morgan fingerprint density at radius 2 is 1.85 bits per heavy atom. The Labute approximate surface area is 159 Å². The van der Waals surface area contributed by atoms with Crippen molar-refractivity contribution in [3.8, 4) is 5.69 Å². The molecule has 1 aromatic heterocycles. The predicted octanol–water partition coefficient (Wildman–Crippen LogP) is 6.17. The molecule has 142 valence electrons. The largest absolute Gasteiger partial charge is 0.483 e. The summed E-state index contributed by atoms with van der Waals surface area (Å²) in [6.45, 7) is 6.12. The molecule has 1 N–H and O–H groups in total. The molecular weight excluding hydrogens is 341 g/mol. The van der Waals surface area contributed by atoms with E-state index in [-0.39, 0.29) is 12.3 Å². The Kier molecular flexibility index (Phi) is 5.64. The number of fused-ring (bicyclic) bond motifs is 1. The van der Waals surface area contributed by atoms with E-state index in [1.807, 2.05) is 19.1 Å². The van der Waals surface area contributed by atoms with Crippen molar-refractivity contribution < 1.29 is 14.3 Å². The molecule has 0 radical (unpaired) electrons. The van der Waals surface area contributed by atoms with Crippen LogP contribution < -0.4 is 0 Å². The minimum Gasteiger partial charge on any atom is -0.483 e. The Morgan fingerprint density at radius 3 is 2.41 bits per heavy atom. The molecule has 0 bridgehead atoms. The Balaban J connectivity index is 0.000000659. The fraction of sp³-hybridized carbons (Fsp3) is 0.348. The van der Waals surface area contributed by atoms with Crippen LogP contribution in [0.1, 0.15) is 61.8 Å². The van der Waals surface area contributed by atoms with Crippen LogP contribution in [0.3, 0.4) is 0 Å². The monoisotopic (exact) mass is 367 g/mol. The lowest BCUT2D eigenvalue weighted by Crippen LogP contribution is -2.13. The molecule has 1 aliphatic carbocycles. The maximum Gasteiger partial charge on any atom is 0.290 e. The average Bonchev–Trinajstić information content (AvgIpc) is 2.92. The van der Waals surface area contributed by atoms with Crippen molar-refractivity contribution in [3.05, 3.63) is 65.1 Å². The van der Waals surface area contributed by atoms with Gasteiger partial charge >= 0.3 is 0 Å². The van der Waals surface area contributed by atoms with Gasteiger partial charge in [-0.2, -0.15) is 0 Å². The number of para-hydroxylation sites is 1. The minimum atomic E-state index is -0.250. The van der Waals surface area contributed by atoms with Crippen molar-refractivity contribution in [1.82, 2.24) is 4.57 Å². The van der Waals surface area contributed by atoms with E-state index in [9.17, 15) is 4.39 Å². The zero-order chi connectivity index (χ0) is 19.6. The number of rotatable bonds is 3. The van der Waals surface area contributed by atoms with Crippen molar-refractivity contribution in [2.75, 3.05) is 0 Å². The highest BCUT2D eigenvalue weighted by atomic mass is 19.1. The standard InChI is InChI=1S/C22H24FN.CH2O2/c1-14(2)22-21(16-7-6-8-16)18-9-4-5-10-20(18)24(22)17-11-12-19(23)15(3)13-17;2-1-3/h4-5,9-14,16H,6-8H2,1-3H3;1H,(H,2,3). The summed E-state index contributed by atoms with van der Waals surface area (Å²) < 4.78 is 16.1. The molecule has 1 heterocycles. The molecule has 1 saturated carbocycles. The highest BCUT2D eigenvalue weighted by Gasteiger charge is 2.29. The van der Waals surface area contributed by atoms with Crippen molar-refractivity contribution in [1.29, 1.82) is 0 Å². The summed E-state index contributed by atoms with van der Waals surface area (Å²) in [7, 11) is 0. The van der Waals surface area contributed by atoms with Crippen molar-refractivity contribution in [2.45, 2.75) is 51.9 Å². The van der Waals surface area contributed by atoms with Crippen LogP contribution in [0.25, 0.3) is 16.6 Å². The maximum absolute atomic E-state index is 13.8. The van der Waals surface area contributed by atoms with Gasteiger partial charge < -0.3 is 9.67 Å². The second-order valence-corrected chi connectivity index (χ2v) is 7.47. The minimum absolute atomic E-state index is 0.138. The molecule has 0 spiro atoms. The third-order valence-corrected chi connectivity index (χ3v) is 5.41. The first-order valence-corrected chi connectivity index (χ1v) is 9.47. The summed E-state index contributed by atoms with van der Waals surface area (Å²) in [4.78, 5) is 8.36. The molecule has 0 atom stereocenters. The van der Waals surface area contributed by atoms with Gasteiger partial charge in [0.25, 0.3) is 6.47 Å². The van der Waals surface area contributed by atoms with Gasteiger partial charge in [-0.15, -0.1) is 0 Å². The summed E-state index contributed by atoms with van der Waals surface area (Å²) in [5.41, 5.74) is 5.93. The number of aromatic nitrogens is 1. The topological polar surface area (TPSA) is 42.2 Å². The lowest BCUT2D eigenvalue weighted by atomic mass is 9.77. The number of benzene rings is 2. The number of aryl methyl sites for hydroxylation is 1. The van der Waals surface area contributed by atoms with E-state index >= 15 is 0 Å².